The van der Waals surface area contributed by atoms with Crippen LogP contribution in [0.15, 0.2) is 18.2 Å². The molecule has 0 amide bonds. The van der Waals surface area contributed by atoms with E-state index in [4.69, 9.17) is 9.84 Å². The lowest BCUT2D eigenvalue weighted by Gasteiger charge is -2.35. The van der Waals surface area contributed by atoms with Crippen molar-refractivity contribution in [3.63, 3.8) is 0 Å². The first-order valence-electron chi connectivity index (χ1n) is 8.00. The zero-order valence-corrected chi connectivity index (χ0v) is 13.8. The van der Waals surface area contributed by atoms with E-state index in [1.54, 1.807) is 18.0 Å². The van der Waals surface area contributed by atoms with Gasteiger partial charge in [-0.15, -0.1) is 0 Å². The number of aryl methyl sites for hydroxylation is 1. The Morgan fingerprint density at radius 2 is 2.30 bits per heavy atom. The molecule has 1 saturated heterocycles. The van der Waals surface area contributed by atoms with E-state index in [9.17, 15) is 9.18 Å². The number of hydrogen-bond acceptors (Lipinski definition) is 4. The number of rotatable bonds is 7. The minimum Gasteiger partial charge on any atom is -0.480 e. The number of likely N-dealkylation sites (N-methyl/N-ethyl adjacent to an activating group) is 1. The number of carbonyl (C=O) groups is 1. The Bertz CT molecular complexity index is 539. The van der Waals surface area contributed by atoms with E-state index in [-0.39, 0.29) is 18.5 Å². The maximum Gasteiger partial charge on any atom is 0.317 e. The van der Waals surface area contributed by atoms with E-state index >= 15 is 0 Å². The molecule has 1 fully saturated rings. The number of carboxylic acid groups (broad SMARTS) is 1. The van der Waals surface area contributed by atoms with Gasteiger partial charge in [-0.25, -0.2) is 4.39 Å². The number of nitrogens with zero attached hydrogens (tertiary/aromatic N) is 2. The van der Waals surface area contributed by atoms with Crippen molar-refractivity contribution in [1.29, 1.82) is 0 Å². The summed E-state index contributed by atoms with van der Waals surface area (Å²) in [5, 5.41) is 8.81. The van der Waals surface area contributed by atoms with Gasteiger partial charge in [0, 0.05) is 31.7 Å². The third-order valence-corrected chi connectivity index (χ3v) is 4.12. The standard InChI is InChI=1S/C17H25FN2O3/c1-3-13-5-4-6-16(18)15(13)11-20-7-8-23-14(10-20)9-19(2)12-17(21)22/h4-6,14H,3,7-12H2,1-2H3,(H,21,22). The third kappa shape index (κ3) is 5.27. The van der Waals surface area contributed by atoms with Gasteiger partial charge < -0.3 is 9.84 Å². The van der Waals surface area contributed by atoms with Crippen molar-refractivity contribution in [2.45, 2.75) is 26.0 Å². The molecule has 1 aromatic carbocycles. The van der Waals surface area contributed by atoms with Gasteiger partial charge in [0.15, 0.2) is 0 Å². The highest BCUT2D eigenvalue weighted by Gasteiger charge is 2.23. The molecule has 0 bridgehead atoms. The first kappa shape index (κ1) is 17.8. The molecule has 1 N–H and O–H groups in total. The van der Waals surface area contributed by atoms with Crippen molar-refractivity contribution >= 4 is 5.97 Å². The molecule has 5 nitrogen and oxygen atoms in total. The summed E-state index contributed by atoms with van der Waals surface area (Å²) in [5.41, 5.74) is 1.80. The van der Waals surface area contributed by atoms with Crippen molar-refractivity contribution in [3.8, 4) is 0 Å². The largest absolute Gasteiger partial charge is 0.480 e. The van der Waals surface area contributed by atoms with Crippen LogP contribution in [0.5, 0.6) is 0 Å². The Morgan fingerprint density at radius 1 is 1.52 bits per heavy atom. The predicted molar refractivity (Wildman–Crippen MR) is 85.9 cm³/mol. The van der Waals surface area contributed by atoms with E-state index in [2.05, 4.69) is 4.90 Å². The molecule has 1 aliphatic rings. The quantitative estimate of drug-likeness (QED) is 0.826. The molecule has 23 heavy (non-hydrogen) atoms. The fourth-order valence-corrected chi connectivity index (χ4v) is 3.01. The summed E-state index contributed by atoms with van der Waals surface area (Å²) in [5.74, 6) is -1.01. The molecule has 0 radical (unpaired) electrons. The molecular weight excluding hydrogens is 299 g/mol. The Kier molecular flexibility index (Phi) is 6.50. The lowest BCUT2D eigenvalue weighted by atomic mass is 10.0. The summed E-state index contributed by atoms with van der Waals surface area (Å²) >= 11 is 0. The average Bonchev–Trinajstić information content (AvgIpc) is 2.48. The van der Waals surface area contributed by atoms with Crippen LogP contribution in [0.25, 0.3) is 0 Å². The first-order chi connectivity index (χ1) is 11.0. The molecule has 1 unspecified atom stereocenters. The van der Waals surface area contributed by atoms with Gasteiger partial charge in [0.05, 0.1) is 19.3 Å². The Morgan fingerprint density at radius 3 is 3.00 bits per heavy atom. The van der Waals surface area contributed by atoms with Crippen LogP contribution >= 0.6 is 0 Å². The highest BCUT2D eigenvalue weighted by molar-refractivity contribution is 5.69. The van der Waals surface area contributed by atoms with Crippen molar-refractivity contribution in [2.75, 3.05) is 39.8 Å². The van der Waals surface area contributed by atoms with Crippen LogP contribution in [0.4, 0.5) is 4.39 Å². The second-order valence-corrected chi connectivity index (χ2v) is 6.05. The Labute approximate surface area is 136 Å². The van der Waals surface area contributed by atoms with Gasteiger partial charge in [-0.1, -0.05) is 19.1 Å². The second kappa shape index (κ2) is 8.38. The molecule has 128 valence electrons. The molecule has 0 saturated carbocycles. The van der Waals surface area contributed by atoms with Crippen LogP contribution in [0.3, 0.4) is 0 Å². The molecular formula is C17H25FN2O3. The van der Waals surface area contributed by atoms with Crippen LogP contribution in [0.1, 0.15) is 18.1 Å². The number of carboxylic acids is 1. The van der Waals surface area contributed by atoms with Gasteiger partial charge in [0.25, 0.3) is 0 Å². The van der Waals surface area contributed by atoms with Crippen molar-refractivity contribution in [3.05, 3.63) is 35.1 Å². The van der Waals surface area contributed by atoms with Crippen LogP contribution in [0.2, 0.25) is 0 Å². The van der Waals surface area contributed by atoms with Crippen molar-refractivity contribution in [2.24, 2.45) is 0 Å². The average molecular weight is 324 g/mol. The van der Waals surface area contributed by atoms with Gasteiger partial charge >= 0.3 is 5.97 Å². The van der Waals surface area contributed by atoms with Gasteiger partial charge in [-0.3, -0.25) is 14.6 Å². The smallest absolute Gasteiger partial charge is 0.317 e. The summed E-state index contributed by atoms with van der Waals surface area (Å²) in [6.07, 6.45) is 0.757. The zero-order valence-electron chi connectivity index (χ0n) is 13.8. The first-order valence-corrected chi connectivity index (χ1v) is 8.00. The van der Waals surface area contributed by atoms with Crippen LogP contribution < -0.4 is 0 Å². The number of benzene rings is 1. The molecule has 0 aromatic heterocycles. The minimum absolute atomic E-state index is 0.00679. The molecule has 1 heterocycles. The van der Waals surface area contributed by atoms with Gasteiger partial charge in [-0.05, 0) is 25.1 Å². The fourth-order valence-electron chi connectivity index (χ4n) is 3.01. The van der Waals surface area contributed by atoms with E-state index < -0.39 is 5.97 Å². The predicted octanol–water partition coefficient (Wildman–Crippen LogP) is 1.61. The summed E-state index contributed by atoms with van der Waals surface area (Å²) < 4.78 is 19.8. The summed E-state index contributed by atoms with van der Waals surface area (Å²) in [6, 6.07) is 5.23. The van der Waals surface area contributed by atoms with Gasteiger partial charge in [0.1, 0.15) is 5.82 Å². The van der Waals surface area contributed by atoms with Gasteiger partial charge in [-0.2, -0.15) is 0 Å². The fraction of sp³-hybridized carbons (Fsp3) is 0.588. The SMILES string of the molecule is CCc1cccc(F)c1CN1CCOC(CN(C)CC(=O)O)C1. The summed E-state index contributed by atoms with van der Waals surface area (Å²) in [7, 11) is 1.77. The van der Waals surface area contributed by atoms with Crippen LogP contribution in [0, 0.1) is 5.82 Å². The van der Waals surface area contributed by atoms with Crippen LogP contribution in [-0.2, 0) is 22.5 Å². The highest BCUT2D eigenvalue weighted by Crippen LogP contribution is 2.18. The molecule has 0 spiro atoms. The number of halogens is 1. The van der Waals surface area contributed by atoms with E-state index in [1.807, 2.05) is 13.0 Å². The molecule has 6 heteroatoms. The molecule has 0 aliphatic carbocycles. The number of aliphatic carboxylic acids is 1. The monoisotopic (exact) mass is 324 g/mol. The van der Waals surface area contributed by atoms with E-state index in [1.165, 1.54) is 6.07 Å². The van der Waals surface area contributed by atoms with E-state index in [0.717, 1.165) is 24.1 Å². The van der Waals surface area contributed by atoms with Crippen molar-refractivity contribution < 1.29 is 19.0 Å². The molecule has 1 aliphatic heterocycles. The maximum absolute atomic E-state index is 14.1. The van der Waals surface area contributed by atoms with Crippen molar-refractivity contribution in [1.82, 2.24) is 9.80 Å². The number of ether oxygens (including phenoxy) is 1. The lowest BCUT2D eigenvalue weighted by Crippen LogP contribution is -2.47. The highest BCUT2D eigenvalue weighted by atomic mass is 19.1. The molecule has 1 aromatic rings. The topological polar surface area (TPSA) is 53.0 Å². The number of morpholine rings is 1. The zero-order chi connectivity index (χ0) is 16.8. The Hall–Kier alpha value is -1.50. The summed E-state index contributed by atoms with van der Waals surface area (Å²) in [6.45, 7) is 5.17. The normalized spacial score (nSPS) is 19.2. The second-order valence-electron chi connectivity index (χ2n) is 6.05. The lowest BCUT2D eigenvalue weighted by molar-refractivity contribution is -0.138. The minimum atomic E-state index is -0.848. The van der Waals surface area contributed by atoms with E-state index in [0.29, 0.717) is 26.2 Å². The number of hydrogen-bond donors (Lipinski definition) is 1. The van der Waals surface area contributed by atoms with Gasteiger partial charge in [0.2, 0.25) is 0 Å². The molecule has 1 atom stereocenters. The Balaban J connectivity index is 1.95. The molecule has 2 rings (SSSR count). The third-order valence-electron chi connectivity index (χ3n) is 4.12. The van der Waals surface area contributed by atoms with Crippen LogP contribution in [-0.4, -0.2) is 66.8 Å². The maximum atomic E-state index is 14.1. The summed E-state index contributed by atoms with van der Waals surface area (Å²) in [4.78, 5) is 14.6.